The topological polar surface area (TPSA) is 30.7 Å². The van der Waals surface area contributed by atoms with Gasteiger partial charge in [0.2, 0.25) is 0 Å². The van der Waals surface area contributed by atoms with Crippen molar-refractivity contribution in [3.8, 4) is 0 Å². The van der Waals surface area contributed by atoms with Crippen molar-refractivity contribution in [3.05, 3.63) is 11.9 Å². The van der Waals surface area contributed by atoms with Crippen LogP contribution in [0.3, 0.4) is 0 Å². The third-order valence-corrected chi connectivity index (χ3v) is 2.90. The Labute approximate surface area is 87.6 Å². The van der Waals surface area contributed by atoms with Crippen molar-refractivity contribution in [3.63, 3.8) is 0 Å². The van der Waals surface area contributed by atoms with E-state index in [2.05, 4.69) is 40.1 Å². The average Bonchev–Trinajstić information content (AvgIpc) is 2.61. The maximum Gasteiger partial charge on any atom is 0.0932 e. The van der Waals surface area contributed by atoms with Gasteiger partial charge in [0, 0.05) is 18.1 Å². The maximum atomic E-state index is 4.06. The Hall–Kier alpha value is -0.380. The molecule has 0 bridgehead atoms. The largest absolute Gasteiger partial charge is 0.252 e. The molecule has 13 heavy (non-hydrogen) atoms. The smallest absolute Gasteiger partial charge is 0.0932 e. The van der Waals surface area contributed by atoms with Crippen LogP contribution in [0, 0.1) is 5.92 Å². The highest BCUT2D eigenvalue weighted by atomic mass is 79.9. The SMILES string of the molecule is CCC(CC)Cn1cc(CBr)nn1. The summed E-state index contributed by atoms with van der Waals surface area (Å²) in [5.74, 6) is 0.727. The van der Waals surface area contributed by atoms with Gasteiger partial charge < -0.3 is 0 Å². The monoisotopic (exact) mass is 245 g/mol. The number of halogens is 1. The fourth-order valence-corrected chi connectivity index (χ4v) is 1.56. The second-order valence-electron chi connectivity index (χ2n) is 3.25. The molecule has 0 spiro atoms. The summed E-state index contributed by atoms with van der Waals surface area (Å²) in [6.07, 6.45) is 4.42. The maximum absolute atomic E-state index is 4.06. The Morgan fingerprint density at radius 3 is 2.62 bits per heavy atom. The quantitative estimate of drug-likeness (QED) is 0.747. The predicted octanol–water partition coefficient (Wildman–Crippen LogP) is 2.61. The van der Waals surface area contributed by atoms with Crippen LogP contribution in [0.1, 0.15) is 32.4 Å². The van der Waals surface area contributed by atoms with Gasteiger partial charge in [-0.2, -0.15) is 0 Å². The molecule has 0 radical (unpaired) electrons. The van der Waals surface area contributed by atoms with Gasteiger partial charge in [-0.1, -0.05) is 47.8 Å². The van der Waals surface area contributed by atoms with E-state index in [4.69, 9.17) is 0 Å². The highest BCUT2D eigenvalue weighted by Gasteiger charge is 2.06. The van der Waals surface area contributed by atoms with Crippen LogP contribution in [0.15, 0.2) is 6.20 Å². The molecule has 1 rings (SSSR count). The molecule has 0 saturated carbocycles. The zero-order chi connectivity index (χ0) is 9.68. The summed E-state index contributed by atoms with van der Waals surface area (Å²) in [4.78, 5) is 0. The van der Waals surface area contributed by atoms with Crippen molar-refractivity contribution in [1.29, 1.82) is 0 Å². The van der Waals surface area contributed by atoms with Gasteiger partial charge in [0.25, 0.3) is 0 Å². The van der Waals surface area contributed by atoms with Crippen LogP contribution >= 0.6 is 15.9 Å². The van der Waals surface area contributed by atoms with E-state index in [1.807, 2.05) is 10.9 Å². The second kappa shape index (κ2) is 5.37. The number of nitrogens with zero attached hydrogens (tertiary/aromatic N) is 3. The Kier molecular flexibility index (Phi) is 4.42. The number of rotatable bonds is 5. The van der Waals surface area contributed by atoms with Crippen molar-refractivity contribution in [1.82, 2.24) is 15.0 Å². The number of alkyl halides is 1. The van der Waals surface area contributed by atoms with Gasteiger partial charge in [0.1, 0.15) is 0 Å². The first-order valence-corrected chi connectivity index (χ1v) is 5.87. The summed E-state index contributed by atoms with van der Waals surface area (Å²) in [6.45, 7) is 5.43. The lowest BCUT2D eigenvalue weighted by molar-refractivity contribution is 0.390. The van der Waals surface area contributed by atoms with Crippen molar-refractivity contribution >= 4 is 15.9 Å². The first kappa shape index (κ1) is 10.7. The van der Waals surface area contributed by atoms with Crippen molar-refractivity contribution < 1.29 is 0 Å². The predicted molar refractivity (Wildman–Crippen MR) is 56.7 cm³/mol. The summed E-state index contributed by atoms with van der Waals surface area (Å²) in [5, 5.41) is 8.87. The number of hydrogen-bond donors (Lipinski definition) is 0. The van der Waals surface area contributed by atoms with Crippen LogP contribution in [0.4, 0.5) is 0 Å². The van der Waals surface area contributed by atoms with E-state index in [0.717, 1.165) is 23.5 Å². The van der Waals surface area contributed by atoms with Crippen LogP contribution in [-0.2, 0) is 11.9 Å². The number of hydrogen-bond acceptors (Lipinski definition) is 2. The van der Waals surface area contributed by atoms with Gasteiger partial charge >= 0.3 is 0 Å². The van der Waals surface area contributed by atoms with E-state index in [9.17, 15) is 0 Å². The molecule has 3 nitrogen and oxygen atoms in total. The molecule has 4 heteroatoms. The molecule has 0 amide bonds. The number of aromatic nitrogens is 3. The molecule has 1 aromatic rings. The molecule has 0 aliphatic carbocycles. The molecule has 74 valence electrons. The highest BCUT2D eigenvalue weighted by Crippen LogP contribution is 2.10. The van der Waals surface area contributed by atoms with Crippen LogP contribution < -0.4 is 0 Å². The van der Waals surface area contributed by atoms with Gasteiger partial charge in [-0.25, -0.2) is 0 Å². The Bertz CT molecular complexity index is 243. The fraction of sp³-hybridized carbons (Fsp3) is 0.778. The molecule has 0 aliphatic rings. The molecule has 0 aliphatic heterocycles. The molecular formula is C9H16BrN3. The summed E-state index contributed by atoms with van der Waals surface area (Å²) >= 11 is 3.36. The molecule has 0 atom stereocenters. The lowest BCUT2D eigenvalue weighted by atomic mass is 10.0. The van der Waals surface area contributed by atoms with E-state index in [0.29, 0.717) is 0 Å². The Morgan fingerprint density at radius 1 is 1.46 bits per heavy atom. The van der Waals surface area contributed by atoms with Crippen LogP contribution in [-0.4, -0.2) is 15.0 Å². The van der Waals surface area contributed by atoms with Crippen LogP contribution in [0.5, 0.6) is 0 Å². The summed E-state index contributed by atoms with van der Waals surface area (Å²) < 4.78 is 1.94. The zero-order valence-corrected chi connectivity index (χ0v) is 9.79. The minimum atomic E-state index is 0.727. The molecular weight excluding hydrogens is 230 g/mol. The highest BCUT2D eigenvalue weighted by molar-refractivity contribution is 9.08. The van der Waals surface area contributed by atoms with Gasteiger partial charge in [0.15, 0.2) is 0 Å². The lowest BCUT2D eigenvalue weighted by Crippen LogP contribution is -2.09. The van der Waals surface area contributed by atoms with E-state index in [1.54, 1.807) is 0 Å². The normalized spacial score (nSPS) is 11.1. The van der Waals surface area contributed by atoms with E-state index >= 15 is 0 Å². The fourth-order valence-electron chi connectivity index (χ4n) is 1.30. The van der Waals surface area contributed by atoms with E-state index in [-0.39, 0.29) is 0 Å². The standard InChI is InChI=1S/C9H16BrN3/c1-3-8(4-2)6-13-7-9(5-10)11-12-13/h7-8H,3-6H2,1-2H3. The third kappa shape index (κ3) is 3.10. The first-order valence-electron chi connectivity index (χ1n) is 4.75. The van der Waals surface area contributed by atoms with Crippen LogP contribution in [0.2, 0.25) is 0 Å². The molecule has 0 aromatic carbocycles. The zero-order valence-electron chi connectivity index (χ0n) is 8.20. The van der Waals surface area contributed by atoms with Crippen molar-refractivity contribution in [2.45, 2.75) is 38.6 Å². The molecule has 0 fully saturated rings. The molecule has 1 heterocycles. The minimum absolute atomic E-state index is 0.727. The van der Waals surface area contributed by atoms with Gasteiger partial charge in [-0.05, 0) is 5.92 Å². The first-order chi connectivity index (χ1) is 6.30. The minimum Gasteiger partial charge on any atom is -0.252 e. The Balaban J connectivity index is 2.52. The third-order valence-electron chi connectivity index (χ3n) is 2.32. The van der Waals surface area contributed by atoms with Gasteiger partial charge in [-0.15, -0.1) is 5.10 Å². The van der Waals surface area contributed by atoms with Crippen molar-refractivity contribution in [2.75, 3.05) is 0 Å². The molecule has 0 unspecified atom stereocenters. The van der Waals surface area contributed by atoms with Gasteiger partial charge in [0.05, 0.1) is 5.69 Å². The summed E-state index contributed by atoms with van der Waals surface area (Å²) in [5.41, 5.74) is 1.01. The van der Waals surface area contributed by atoms with Crippen molar-refractivity contribution in [2.24, 2.45) is 5.92 Å². The molecule has 1 aromatic heterocycles. The van der Waals surface area contributed by atoms with E-state index < -0.39 is 0 Å². The average molecular weight is 246 g/mol. The lowest BCUT2D eigenvalue weighted by Gasteiger charge is -2.10. The van der Waals surface area contributed by atoms with Crippen LogP contribution in [0.25, 0.3) is 0 Å². The Morgan fingerprint density at radius 2 is 2.15 bits per heavy atom. The van der Waals surface area contributed by atoms with Gasteiger partial charge in [-0.3, -0.25) is 4.68 Å². The molecule has 0 saturated heterocycles. The summed E-state index contributed by atoms with van der Waals surface area (Å²) in [7, 11) is 0. The molecule has 0 N–H and O–H groups in total. The second-order valence-corrected chi connectivity index (χ2v) is 3.81. The summed E-state index contributed by atoms with van der Waals surface area (Å²) in [6, 6.07) is 0. The van der Waals surface area contributed by atoms with E-state index in [1.165, 1.54) is 12.8 Å².